The highest BCUT2D eigenvalue weighted by atomic mass is 16.1. The molecule has 0 aliphatic heterocycles. The zero-order valence-electron chi connectivity index (χ0n) is 10.6. The molecule has 0 fully saturated rings. The van der Waals surface area contributed by atoms with Gasteiger partial charge in [0.25, 0.3) is 0 Å². The minimum Gasteiger partial charge on any atom is -0.369 e. The van der Waals surface area contributed by atoms with E-state index in [0.29, 0.717) is 5.96 Å². The van der Waals surface area contributed by atoms with Crippen molar-refractivity contribution in [3.05, 3.63) is 30.3 Å². The topological polar surface area (TPSA) is 106 Å². The van der Waals surface area contributed by atoms with Crippen molar-refractivity contribution in [2.24, 2.45) is 22.0 Å². The Morgan fingerprint density at radius 1 is 1.33 bits per heavy atom. The Labute approximate surface area is 106 Å². The molecule has 0 radical (unpaired) electrons. The van der Waals surface area contributed by atoms with Gasteiger partial charge in [0.1, 0.15) is 0 Å². The third-order valence-corrected chi connectivity index (χ3v) is 2.47. The maximum atomic E-state index is 11.2. The number of carbonyl (C=O) groups is 1. The van der Waals surface area contributed by atoms with Gasteiger partial charge in [0.2, 0.25) is 11.9 Å². The van der Waals surface area contributed by atoms with E-state index in [4.69, 9.17) is 11.6 Å². The fraction of sp³-hybridized carbons (Fsp3) is 0.333. The van der Waals surface area contributed by atoms with Gasteiger partial charge in [0.15, 0.2) is 0 Å². The van der Waals surface area contributed by atoms with Gasteiger partial charge in [0.05, 0.1) is 12.0 Å². The number of para-hydroxylation sites is 1. The molecule has 1 aromatic rings. The number of nitrogens with one attached hydrogen (secondary N) is 2. The molecule has 0 saturated heterocycles. The van der Waals surface area contributed by atoms with Gasteiger partial charge in [-0.05, 0) is 26.0 Å². The zero-order chi connectivity index (χ0) is 13.6. The first-order valence-corrected chi connectivity index (χ1v) is 5.59. The summed E-state index contributed by atoms with van der Waals surface area (Å²) in [4.78, 5) is 15.4. The quantitative estimate of drug-likeness (QED) is 0.269. The van der Waals surface area contributed by atoms with Crippen molar-refractivity contribution in [3.8, 4) is 0 Å². The van der Waals surface area contributed by atoms with Gasteiger partial charge in [0, 0.05) is 5.69 Å². The fourth-order valence-electron chi connectivity index (χ4n) is 1.13. The Bertz CT molecular complexity index is 427. The van der Waals surface area contributed by atoms with E-state index in [1.54, 1.807) is 13.8 Å². The molecule has 98 valence electrons. The molecule has 0 saturated carbocycles. The predicted octanol–water partition coefficient (Wildman–Crippen LogP) is 0.429. The second kappa shape index (κ2) is 6.02. The SMILES string of the molecule is CC(C)(CN=C(NN)Nc1ccccc1)C(N)=O. The highest BCUT2D eigenvalue weighted by Crippen LogP contribution is 2.14. The van der Waals surface area contributed by atoms with Gasteiger partial charge in [-0.1, -0.05) is 18.2 Å². The number of amides is 1. The van der Waals surface area contributed by atoms with Gasteiger partial charge in [-0.15, -0.1) is 0 Å². The van der Waals surface area contributed by atoms with Crippen molar-refractivity contribution in [3.63, 3.8) is 0 Å². The molecule has 0 atom stereocenters. The Kier molecular flexibility index (Phi) is 4.67. The number of anilines is 1. The number of rotatable bonds is 4. The Balaban J connectivity index is 2.70. The number of benzene rings is 1. The molecule has 18 heavy (non-hydrogen) atoms. The maximum absolute atomic E-state index is 11.2. The molecule has 1 rings (SSSR count). The van der Waals surface area contributed by atoms with Crippen molar-refractivity contribution >= 4 is 17.6 Å². The zero-order valence-corrected chi connectivity index (χ0v) is 10.6. The number of guanidine groups is 1. The lowest BCUT2D eigenvalue weighted by Crippen LogP contribution is -2.39. The minimum absolute atomic E-state index is 0.252. The summed E-state index contributed by atoms with van der Waals surface area (Å²) in [5.41, 5.74) is 7.86. The Morgan fingerprint density at radius 3 is 2.44 bits per heavy atom. The number of primary amides is 1. The number of hydrazine groups is 1. The van der Waals surface area contributed by atoms with Crippen LogP contribution in [0.1, 0.15) is 13.8 Å². The van der Waals surface area contributed by atoms with Crippen LogP contribution in [-0.4, -0.2) is 18.4 Å². The van der Waals surface area contributed by atoms with Gasteiger partial charge in [-0.3, -0.25) is 15.2 Å². The molecule has 0 bridgehead atoms. The summed E-state index contributed by atoms with van der Waals surface area (Å²) < 4.78 is 0. The molecule has 6 N–H and O–H groups in total. The molecule has 0 heterocycles. The van der Waals surface area contributed by atoms with Crippen LogP contribution in [0.25, 0.3) is 0 Å². The smallest absolute Gasteiger partial charge is 0.224 e. The second-order valence-electron chi connectivity index (χ2n) is 4.55. The van der Waals surface area contributed by atoms with E-state index in [-0.39, 0.29) is 6.54 Å². The molecule has 1 amide bonds. The first-order valence-electron chi connectivity index (χ1n) is 5.59. The lowest BCUT2D eigenvalue weighted by molar-refractivity contribution is -0.125. The first-order chi connectivity index (χ1) is 8.45. The third kappa shape index (κ3) is 4.06. The maximum Gasteiger partial charge on any atom is 0.224 e. The first kappa shape index (κ1) is 14.0. The average molecular weight is 249 g/mol. The highest BCUT2D eigenvalue weighted by Gasteiger charge is 2.24. The van der Waals surface area contributed by atoms with E-state index in [1.807, 2.05) is 30.3 Å². The van der Waals surface area contributed by atoms with Crippen molar-refractivity contribution in [1.29, 1.82) is 0 Å². The molecular weight excluding hydrogens is 230 g/mol. The summed E-state index contributed by atoms with van der Waals surface area (Å²) in [5.74, 6) is 5.35. The summed E-state index contributed by atoms with van der Waals surface area (Å²) in [6, 6.07) is 9.46. The van der Waals surface area contributed by atoms with Crippen LogP contribution < -0.4 is 22.3 Å². The average Bonchev–Trinajstić information content (AvgIpc) is 2.35. The number of aliphatic imine (C=N–C) groups is 1. The molecule has 0 aliphatic carbocycles. The largest absolute Gasteiger partial charge is 0.369 e. The lowest BCUT2D eigenvalue weighted by Gasteiger charge is -2.18. The molecule has 0 aliphatic rings. The van der Waals surface area contributed by atoms with Crippen LogP contribution in [0.4, 0.5) is 5.69 Å². The van der Waals surface area contributed by atoms with Crippen molar-refractivity contribution in [2.45, 2.75) is 13.8 Å². The fourth-order valence-corrected chi connectivity index (χ4v) is 1.13. The van der Waals surface area contributed by atoms with E-state index >= 15 is 0 Å². The monoisotopic (exact) mass is 249 g/mol. The summed E-state index contributed by atoms with van der Waals surface area (Å²) in [6.45, 7) is 3.71. The molecular formula is C12H19N5O. The second-order valence-corrected chi connectivity index (χ2v) is 4.55. The number of nitrogens with two attached hydrogens (primary N) is 2. The Hall–Kier alpha value is -2.08. The molecule has 6 nitrogen and oxygen atoms in total. The summed E-state index contributed by atoms with van der Waals surface area (Å²) >= 11 is 0. The predicted molar refractivity (Wildman–Crippen MR) is 72.7 cm³/mol. The van der Waals surface area contributed by atoms with Crippen LogP contribution in [-0.2, 0) is 4.79 Å². The van der Waals surface area contributed by atoms with E-state index in [0.717, 1.165) is 5.69 Å². The molecule has 0 spiro atoms. The highest BCUT2D eigenvalue weighted by molar-refractivity contribution is 5.93. The lowest BCUT2D eigenvalue weighted by atomic mass is 9.93. The number of carbonyl (C=O) groups excluding carboxylic acids is 1. The summed E-state index contributed by atoms with van der Waals surface area (Å²) in [7, 11) is 0. The van der Waals surface area contributed by atoms with Crippen LogP contribution in [0.5, 0.6) is 0 Å². The van der Waals surface area contributed by atoms with Crippen LogP contribution in [0.15, 0.2) is 35.3 Å². The summed E-state index contributed by atoms with van der Waals surface area (Å²) in [5, 5.41) is 3.00. The normalized spacial score (nSPS) is 12.1. The molecule has 0 aromatic heterocycles. The standard InChI is InChI=1S/C12H19N5O/c1-12(2,10(13)18)8-15-11(17-14)16-9-6-4-3-5-7-9/h3-7H,8,14H2,1-2H3,(H2,13,18)(H2,15,16,17). The van der Waals surface area contributed by atoms with Crippen LogP contribution in [0.3, 0.4) is 0 Å². The molecule has 1 aromatic carbocycles. The van der Waals surface area contributed by atoms with Crippen molar-refractivity contribution < 1.29 is 4.79 Å². The van der Waals surface area contributed by atoms with Crippen LogP contribution in [0.2, 0.25) is 0 Å². The van der Waals surface area contributed by atoms with Crippen molar-refractivity contribution in [2.75, 3.05) is 11.9 Å². The van der Waals surface area contributed by atoms with E-state index in [2.05, 4.69) is 15.7 Å². The van der Waals surface area contributed by atoms with Crippen molar-refractivity contribution in [1.82, 2.24) is 5.43 Å². The van der Waals surface area contributed by atoms with E-state index in [1.165, 1.54) is 0 Å². The number of nitrogens with zero attached hydrogens (tertiary/aromatic N) is 1. The third-order valence-electron chi connectivity index (χ3n) is 2.47. The number of hydrogen-bond donors (Lipinski definition) is 4. The number of hydrogen-bond acceptors (Lipinski definition) is 3. The Morgan fingerprint density at radius 2 is 1.94 bits per heavy atom. The van der Waals surface area contributed by atoms with Gasteiger partial charge >= 0.3 is 0 Å². The van der Waals surface area contributed by atoms with Crippen LogP contribution in [0, 0.1) is 5.41 Å². The molecule has 6 heteroatoms. The summed E-state index contributed by atoms with van der Waals surface area (Å²) in [6.07, 6.45) is 0. The van der Waals surface area contributed by atoms with E-state index in [9.17, 15) is 4.79 Å². The van der Waals surface area contributed by atoms with Gasteiger partial charge in [-0.25, -0.2) is 5.84 Å². The van der Waals surface area contributed by atoms with Gasteiger partial charge < -0.3 is 11.1 Å². The van der Waals surface area contributed by atoms with Gasteiger partial charge in [-0.2, -0.15) is 0 Å². The minimum atomic E-state index is -0.708. The van der Waals surface area contributed by atoms with Crippen LogP contribution >= 0.6 is 0 Å². The van der Waals surface area contributed by atoms with E-state index < -0.39 is 11.3 Å². The molecule has 0 unspecified atom stereocenters.